The average molecular weight is 431 g/mol. The van der Waals surface area contributed by atoms with Crippen molar-refractivity contribution in [2.24, 2.45) is 0 Å². The van der Waals surface area contributed by atoms with Crippen LogP contribution in [0.2, 0.25) is 0 Å². The standard InChI is InChI=1S/C22H25NO8/c1-21(2,3)30-19(26)23(20(27)31-22(4,5)6)14-8-7-13-12-9-10-28-15(12)11-29-17(13)16(14)18(24)25/h7-10H,11H2,1-6H3,(H,24,25). The number of amides is 2. The molecule has 9 nitrogen and oxygen atoms in total. The Bertz CT molecular complexity index is 1010. The largest absolute Gasteiger partial charge is 0.484 e. The summed E-state index contributed by atoms with van der Waals surface area (Å²) in [5, 5.41) is 9.96. The smallest absolute Gasteiger partial charge is 0.424 e. The number of anilines is 1. The zero-order valence-corrected chi connectivity index (χ0v) is 18.3. The third-order valence-electron chi connectivity index (χ3n) is 4.13. The molecular formula is C22H25NO8. The van der Waals surface area contributed by atoms with Gasteiger partial charge in [0, 0.05) is 11.1 Å². The molecule has 3 rings (SSSR count). The number of carboxylic acid groups (broad SMARTS) is 1. The van der Waals surface area contributed by atoms with Gasteiger partial charge in [0.15, 0.2) is 0 Å². The predicted molar refractivity (Wildman–Crippen MR) is 110 cm³/mol. The van der Waals surface area contributed by atoms with Gasteiger partial charge in [-0.05, 0) is 59.7 Å². The number of hydrogen-bond donors (Lipinski definition) is 1. The first-order chi connectivity index (χ1) is 14.3. The summed E-state index contributed by atoms with van der Waals surface area (Å²) >= 11 is 0. The van der Waals surface area contributed by atoms with Crippen molar-refractivity contribution in [1.29, 1.82) is 0 Å². The van der Waals surface area contributed by atoms with Gasteiger partial charge in [-0.2, -0.15) is 4.90 Å². The topological polar surface area (TPSA) is 116 Å². The number of rotatable bonds is 2. The van der Waals surface area contributed by atoms with Crippen molar-refractivity contribution in [2.45, 2.75) is 59.4 Å². The molecule has 0 fully saturated rings. The molecule has 1 aliphatic heterocycles. The van der Waals surface area contributed by atoms with E-state index in [-0.39, 0.29) is 23.6 Å². The first-order valence-electron chi connectivity index (χ1n) is 9.64. The highest BCUT2D eigenvalue weighted by Crippen LogP contribution is 2.44. The first kappa shape index (κ1) is 22.2. The molecule has 1 N–H and O–H groups in total. The lowest BCUT2D eigenvalue weighted by Crippen LogP contribution is -2.44. The van der Waals surface area contributed by atoms with Crippen molar-refractivity contribution in [3.8, 4) is 16.9 Å². The lowest BCUT2D eigenvalue weighted by Gasteiger charge is -2.30. The molecule has 2 heterocycles. The first-order valence-corrected chi connectivity index (χ1v) is 9.64. The second-order valence-corrected chi connectivity index (χ2v) is 8.98. The fourth-order valence-corrected chi connectivity index (χ4v) is 3.04. The lowest BCUT2D eigenvalue weighted by molar-refractivity contribution is 0.0430. The van der Waals surface area contributed by atoms with Crippen LogP contribution in [0.5, 0.6) is 5.75 Å². The van der Waals surface area contributed by atoms with Gasteiger partial charge < -0.3 is 23.7 Å². The molecule has 166 valence electrons. The summed E-state index contributed by atoms with van der Waals surface area (Å²) in [6.07, 6.45) is -0.654. The highest BCUT2D eigenvalue weighted by atomic mass is 16.6. The third-order valence-corrected chi connectivity index (χ3v) is 4.13. The number of fused-ring (bicyclic) bond motifs is 3. The van der Waals surface area contributed by atoms with Gasteiger partial charge in [-0.1, -0.05) is 0 Å². The van der Waals surface area contributed by atoms with E-state index in [1.807, 2.05) is 0 Å². The van der Waals surface area contributed by atoms with Crippen molar-refractivity contribution in [3.05, 3.63) is 35.8 Å². The minimum Gasteiger partial charge on any atom is -0.484 e. The minimum absolute atomic E-state index is 0.0118. The Kier molecular flexibility index (Phi) is 5.47. The van der Waals surface area contributed by atoms with Gasteiger partial charge in [0.1, 0.15) is 34.9 Å². The van der Waals surface area contributed by atoms with Gasteiger partial charge in [0.05, 0.1) is 12.0 Å². The average Bonchev–Trinajstić information content (AvgIpc) is 3.06. The number of carbonyl (C=O) groups is 3. The molecule has 0 saturated heterocycles. The van der Waals surface area contributed by atoms with Crippen LogP contribution < -0.4 is 9.64 Å². The van der Waals surface area contributed by atoms with Crippen LogP contribution >= 0.6 is 0 Å². The molecule has 0 saturated carbocycles. The number of aromatic carboxylic acids is 1. The Hall–Kier alpha value is -3.49. The Balaban J connectivity index is 2.18. The summed E-state index contributed by atoms with van der Waals surface area (Å²) in [7, 11) is 0. The van der Waals surface area contributed by atoms with E-state index in [2.05, 4.69) is 0 Å². The molecule has 0 spiro atoms. The summed E-state index contributed by atoms with van der Waals surface area (Å²) in [6.45, 7) is 9.80. The van der Waals surface area contributed by atoms with Gasteiger partial charge in [0.25, 0.3) is 0 Å². The molecule has 1 aromatic carbocycles. The predicted octanol–water partition coefficient (Wildman–Crippen LogP) is 5.21. The molecule has 0 aliphatic carbocycles. The minimum atomic E-state index is -1.38. The summed E-state index contributed by atoms with van der Waals surface area (Å²) in [5.41, 5.74) is -1.29. The number of carboxylic acids is 1. The molecule has 0 bridgehead atoms. The van der Waals surface area contributed by atoms with Crippen LogP contribution in [0.25, 0.3) is 11.1 Å². The second-order valence-electron chi connectivity index (χ2n) is 8.98. The third kappa shape index (κ3) is 4.65. The summed E-state index contributed by atoms with van der Waals surface area (Å²) < 4.78 is 21.7. The van der Waals surface area contributed by atoms with Crippen molar-refractivity contribution in [1.82, 2.24) is 0 Å². The Labute approximate surface area is 179 Å². The van der Waals surface area contributed by atoms with Crippen molar-refractivity contribution < 1.29 is 38.1 Å². The SMILES string of the molecule is CC(C)(C)OC(=O)N(C(=O)OC(C)(C)C)c1ccc2c(c1C(=O)O)OCc1occc1-2. The summed E-state index contributed by atoms with van der Waals surface area (Å²) in [4.78, 5) is 38.7. The fourth-order valence-electron chi connectivity index (χ4n) is 3.04. The zero-order valence-electron chi connectivity index (χ0n) is 18.3. The van der Waals surface area contributed by atoms with E-state index in [4.69, 9.17) is 18.6 Å². The molecule has 0 radical (unpaired) electrons. The number of carbonyl (C=O) groups excluding carboxylic acids is 2. The van der Waals surface area contributed by atoms with Crippen LogP contribution in [0.15, 0.2) is 28.9 Å². The number of hydrogen-bond acceptors (Lipinski definition) is 7. The highest BCUT2D eigenvalue weighted by molar-refractivity contribution is 6.14. The van der Waals surface area contributed by atoms with Crippen molar-refractivity contribution in [3.63, 3.8) is 0 Å². The van der Waals surface area contributed by atoms with Crippen LogP contribution in [-0.4, -0.2) is 34.5 Å². The number of benzene rings is 1. The van der Waals surface area contributed by atoms with Crippen LogP contribution in [-0.2, 0) is 16.1 Å². The van der Waals surface area contributed by atoms with Crippen LogP contribution in [0, 0.1) is 0 Å². The van der Waals surface area contributed by atoms with E-state index >= 15 is 0 Å². The monoisotopic (exact) mass is 431 g/mol. The number of furan rings is 1. The maximum atomic E-state index is 12.9. The zero-order chi connectivity index (χ0) is 23.1. The van der Waals surface area contributed by atoms with E-state index in [0.29, 0.717) is 21.8 Å². The number of nitrogens with zero attached hydrogens (tertiary/aromatic N) is 1. The molecule has 1 aliphatic rings. The molecule has 0 unspecified atom stereocenters. The van der Waals surface area contributed by atoms with Gasteiger partial charge >= 0.3 is 18.2 Å². The molecule has 2 aromatic rings. The van der Waals surface area contributed by atoms with Gasteiger partial charge in [-0.25, -0.2) is 14.4 Å². The van der Waals surface area contributed by atoms with Crippen LogP contribution in [0.3, 0.4) is 0 Å². The Morgan fingerprint density at radius 2 is 1.52 bits per heavy atom. The van der Waals surface area contributed by atoms with Gasteiger partial charge in [-0.15, -0.1) is 0 Å². The molecular weight excluding hydrogens is 406 g/mol. The maximum absolute atomic E-state index is 12.9. The van der Waals surface area contributed by atoms with Crippen molar-refractivity contribution >= 4 is 23.8 Å². The van der Waals surface area contributed by atoms with Crippen molar-refractivity contribution in [2.75, 3.05) is 4.90 Å². The summed E-state index contributed by atoms with van der Waals surface area (Å²) in [5.74, 6) is -0.806. The lowest BCUT2D eigenvalue weighted by atomic mass is 9.98. The molecule has 0 atom stereocenters. The quantitative estimate of drug-likeness (QED) is 0.689. The summed E-state index contributed by atoms with van der Waals surface area (Å²) in [6, 6.07) is 4.61. The fraction of sp³-hybridized carbons (Fsp3) is 0.409. The second kappa shape index (κ2) is 7.64. The van der Waals surface area contributed by atoms with Crippen LogP contribution in [0.1, 0.15) is 57.7 Å². The van der Waals surface area contributed by atoms with E-state index in [1.54, 1.807) is 53.7 Å². The number of ether oxygens (including phenoxy) is 3. The molecule has 2 amide bonds. The number of imide groups is 1. The Morgan fingerprint density at radius 3 is 2.03 bits per heavy atom. The van der Waals surface area contributed by atoms with E-state index < -0.39 is 29.4 Å². The Morgan fingerprint density at radius 1 is 0.935 bits per heavy atom. The van der Waals surface area contributed by atoms with E-state index in [1.165, 1.54) is 12.3 Å². The normalized spacial score (nSPS) is 12.8. The highest BCUT2D eigenvalue weighted by Gasteiger charge is 2.38. The molecule has 1 aromatic heterocycles. The maximum Gasteiger partial charge on any atom is 0.424 e. The van der Waals surface area contributed by atoms with E-state index in [9.17, 15) is 19.5 Å². The molecule has 9 heteroatoms. The van der Waals surface area contributed by atoms with E-state index in [0.717, 1.165) is 0 Å². The van der Waals surface area contributed by atoms with Gasteiger partial charge in [0.2, 0.25) is 0 Å². The van der Waals surface area contributed by atoms with Crippen LogP contribution in [0.4, 0.5) is 15.3 Å². The van der Waals surface area contributed by atoms with Gasteiger partial charge in [-0.3, -0.25) is 0 Å². The molecule has 31 heavy (non-hydrogen) atoms.